The Morgan fingerprint density at radius 1 is 1.21 bits per heavy atom. The Labute approximate surface area is 177 Å². The molecule has 1 heterocycles. The van der Waals surface area contributed by atoms with Crippen molar-refractivity contribution >= 4 is 29.0 Å². The molecule has 0 radical (unpaired) electrons. The van der Waals surface area contributed by atoms with E-state index < -0.39 is 0 Å². The van der Waals surface area contributed by atoms with Crippen LogP contribution in [-0.4, -0.2) is 43.3 Å². The third kappa shape index (κ3) is 5.03. The molecular weight excluding hydrogens is 386 g/mol. The van der Waals surface area contributed by atoms with E-state index in [0.29, 0.717) is 30.7 Å². The summed E-state index contributed by atoms with van der Waals surface area (Å²) in [7, 11) is 0. The molecule has 1 unspecified atom stereocenters. The van der Waals surface area contributed by atoms with Crippen LogP contribution >= 0.6 is 11.6 Å². The van der Waals surface area contributed by atoms with Gasteiger partial charge in [0.15, 0.2) is 0 Å². The van der Waals surface area contributed by atoms with E-state index in [0.717, 1.165) is 30.0 Å². The molecule has 2 aromatic carbocycles. The number of hydrogen-bond donors (Lipinski definition) is 1. The second-order valence-electron chi connectivity index (χ2n) is 7.88. The van der Waals surface area contributed by atoms with Crippen LogP contribution in [0, 0.1) is 5.92 Å². The Morgan fingerprint density at radius 2 is 1.93 bits per heavy atom. The van der Waals surface area contributed by atoms with E-state index in [9.17, 15) is 4.79 Å². The Balaban J connectivity index is 1.56. The summed E-state index contributed by atoms with van der Waals surface area (Å²) in [5, 5.41) is 3.77. The number of urea groups is 1. The number of halogens is 1. The highest BCUT2D eigenvalue weighted by molar-refractivity contribution is 6.31. The van der Waals surface area contributed by atoms with Crippen molar-refractivity contribution in [3.8, 4) is 0 Å². The average Bonchev–Trinajstić information content (AvgIpc) is 3.58. The van der Waals surface area contributed by atoms with Gasteiger partial charge in [-0.15, -0.1) is 0 Å². The topological polar surface area (TPSA) is 44.8 Å². The van der Waals surface area contributed by atoms with E-state index in [-0.39, 0.29) is 12.1 Å². The molecule has 154 valence electrons. The molecule has 1 aliphatic carbocycles. The minimum atomic E-state index is -0.0787. The lowest BCUT2D eigenvalue weighted by Gasteiger charge is -2.33. The van der Waals surface area contributed by atoms with Crippen molar-refractivity contribution in [2.45, 2.75) is 32.4 Å². The van der Waals surface area contributed by atoms with Crippen LogP contribution in [0.4, 0.5) is 16.2 Å². The summed E-state index contributed by atoms with van der Waals surface area (Å²) in [6.45, 7) is 5.73. The highest BCUT2D eigenvalue weighted by atomic mass is 35.5. The third-order valence-corrected chi connectivity index (χ3v) is 6.04. The van der Waals surface area contributed by atoms with E-state index in [1.165, 1.54) is 12.8 Å². The Hall–Kier alpha value is -2.24. The first kappa shape index (κ1) is 20.0. The molecule has 0 aromatic heterocycles. The molecule has 0 spiro atoms. The molecule has 2 fully saturated rings. The first-order valence-electron chi connectivity index (χ1n) is 10.4. The highest BCUT2D eigenvalue weighted by Crippen LogP contribution is 2.36. The van der Waals surface area contributed by atoms with Crippen LogP contribution in [0.3, 0.4) is 0 Å². The van der Waals surface area contributed by atoms with Gasteiger partial charge in [-0.25, -0.2) is 4.79 Å². The van der Waals surface area contributed by atoms with Gasteiger partial charge in [0, 0.05) is 30.7 Å². The molecular formula is C23H28ClN3O2. The van der Waals surface area contributed by atoms with E-state index in [1.807, 2.05) is 41.3 Å². The van der Waals surface area contributed by atoms with E-state index in [4.69, 9.17) is 16.3 Å². The van der Waals surface area contributed by atoms with Crippen LogP contribution in [0.1, 0.15) is 25.3 Å². The van der Waals surface area contributed by atoms with Gasteiger partial charge in [0.2, 0.25) is 0 Å². The van der Waals surface area contributed by atoms with Crippen LogP contribution in [0.25, 0.3) is 0 Å². The zero-order chi connectivity index (χ0) is 20.2. The molecule has 29 heavy (non-hydrogen) atoms. The molecule has 2 aromatic rings. The van der Waals surface area contributed by atoms with Gasteiger partial charge in [-0.2, -0.15) is 0 Å². The molecule has 0 bridgehead atoms. The fourth-order valence-electron chi connectivity index (χ4n) is 3.89. The van der Waals surface area contributed by atoms with Crippen LogP contribution in [0.5, 0.6) is 0 Å². The molecule has 5 nitrogen and oxygen atoms in total. The molecule has 6 heteroatoms. The van der Waals surface area contributed by atoms with Crippen molar-refractivity contribution in [3.63, 3.8) is 0 Å². The van der Waals surface area contributed by atoms with Gasteiger partial charge in [0.1, 0.15) is 0 Å². The van der Waals surface area contributed by atoms with Crippen molar-refractivity contribution in [3.05, 3.63) is 59.1 Å². The predicted molar refractivity (Wildman–Crippen MR) is 118 cm³/mol. The summed E-state index contributed by atoms with van der Waals surface area (Å²) < 4.78 is 5.47. The normalized spacial score (nSPS) is 17.7. The molecule has 2 amide bonds. The number of hydrogen-bond acceptors (Lipinski definition) is 3. The highest BCUT2D eigenvalue weighted by Gasteiger charge is 2.34. The van der Waals surface area contributed by atoms with Gasteiger partial charge in [-0.3, -0.25) is 0 Å². The Bertz CT molecular complexity index is 835. The van der Waals surface area contributed by atoms with E-state index in [2.05, 4.69) is 29.3 Å². The van der Waals surface area contributed by atoms with Gasteiger partial charge in [-0.05, 0) is 49.4 Å². The second kappa shape index (κ2) is 9.06. The fourth-order valence-corrected chi connectivity index (χ4v) is 4.06. The molecule has 2 aliphatic rings. The molecule has 1 N–H and O–H groups in total. The molecule has 1 atom stereocenters. The average molecular weight is 414 g/mol. The fraction of sp³-hybridized carbons (Fsp3) is 0.435. The van der Waals surface area contributed by atoms with Gasteiger partial charge in [0.05, 0.1) is 24.6 Å². The maximum absolute atomic E-state index is 13.4. The Kier molecular flexibility index (Phi) is 6.26. The lowest BCUT2D eigenvalue weighted by molar-refractivity contribution is 0.123. The van der Waals surface area contributed by atoms with Crippen molar-refractivity contribution in [1.29, 1.82) is 0 Å². The summed E-state index contributed by atoms with van der Waals surface area (Å²) in [6, 6.07) is 16.0. The smallest absolute Gasteiger partial charge is 0.322 e. The lowest BCUT2D eigenvalue weighted by Crippen LogP contribution is -2.42. The standard InChI is InChI=1S/C23H28ClN3O2/c1-17(19-7-8-19)27(16-18-5-3-2-4-6-18)23(28)25-21-15-20(24)9-10-22(21)26-11-13-29-14-12-26/h2-6,9-10,15,17,19H,7-8,11-14,16H2,1H3,(H,25,28). The number of ether oxygens (including phenoxy) is 1. The van der Waals surface area contributed by atoms with Crippen molar-refractivity contribution in [2.75, 3.05) is 36.5 Å². The summed E-state index contributed by atoms with van der Waals surface area (Å²) in [6.07, 6.45) is 2.38. The van der Waals surface area contributed by atoms with E-state index in [1.54, 1.807) is 0 Å². The summed E-state index contributed by atoms with van der Waals surface area (Å²) in [4.78, 5) is 17.6. The molecule has 1 aliphatic heterocycles. The summed E-state index contributed by atoms with van der Waals surface area (Å²) in [5.74, 6) is 0.586. The monoisotopic (exact) mass is 413 g/mol. The first-order valence-corrected chi connectivity index (χ1v) is 10.7. The maximum atomic E-state index is 13.4. The number of nitrogens with one attached hydrogen (secondary N) is 1. The number of carbonyl (C=O) groups is 1. The summed E-state index contributed by atoms with van der Waals surface area (Å²) in [5.41, 5.74) is 2.88. The third-order valence-electron chi connectivity index (χ3n) is 5.80. The second-order valence-corrected chi connectivity index (χ2v) is 8.32. The van der Waals surface area contributed by atoms with Crippen LogP contribution < -0.4 is 10.2 Å². The number of carbonyl (C=O) groups excluding carboxylic acids is 1. The van der Waals surface area contributed by atoms with Crippen LogP contribution in [0.2, 0.25) is 5.02 Å². The number of benzene rings is 2. The predicted octanol–water partition coefficient (Wildman–Crippen LogP) is 5.01. The number of morpholine rings is 1. The zero-order valence-electron chi connectivity index (χ0n) is 16.8. The quantitative estimate of drug-likeness (QED) is 0.724. The van der Waals surface area contributed by atoms with Crippen molar-refractivity contribution in [2.24, 2.45) is 5.92 Å². The number of nitrogens with zero attached hydrogens (tertiary/aromatic N) is 2. The minimum absolute atomic E-state index is 0.0787. The van der Waals surface area contributed by atoms with E-state index >= 15 is 0 Å². The maximum Gasteiger partial charge on any atom is 0.322 e. The number of amides is 2. The number of anilines is 2. The molecule has 1 saturated carbocycles. The molecule has 1 saturated heterocycles. The Morgan fingerprint density at radius 3 is 2.62 bits per heavy atom. The number of rotatable bonds is 6. The minimum Gasteiger partial charge on any atom is -0.378 e. The zero-order valence-corrected chi connectivity index (χ0v) is 17.6. The largest absolute Gasteiger partial charge is 0.378 e. The lowest BCUT2D eigenvalue weighted by atomic mass is 10.1. The summed E-state index contributed by atoms with van der Waals surface area (Å²) >= 11 is 6.26. The first-order chi connectivity index (χ1) is 14.1. The van der Waals surface area contributed by atoms with Gasteiger partial charge >= 0.3 is 6.03 Å². The van der Waals surface area contributed by atoms with Gasteiger partial charge in [-0.1, -0.05) is 41.9 Å². The van der Waals surface area contributed by atoms with Crippen molar-refractivity contribution < 1.29 is 9.53 Å². The van der Waals surface area contributed by atoms with Gasteiger partial charge < -0.3 is 19.9 Å². The SMILES string of the molecule is CC(C1CC1)N(Cc1ccccc1)C(=O)Nc1cc(Cl)ccc1N1CCOCC1. The molecule has 4 rings (SSSR count). The van der Waals surface area contributed by atoms with Crippen molar-refractivity contribution in [1.82, 2.24) is 4.90 Å². The van der Waals surface area contributed by atoms with Gasteiger partial charge in [0.25, 0.3) is 0 Å². The van der Waals surface area contributed by atoms with Crippen LogP contribution in [-0.2, 0) is 11.3 Å². The van der Waals surface area contributed by atoms with Crippen LogP contribution in [0.15, 0.2) is 48.5 Å².